The molecule has 0 spiro atoms. The molecule has 0 fully saturated rings. The van der Waals surface area contributed by atoms with Crippen LogP contribution < -0.4 is 4.74 Å². The molecule has 4 nitrogen and oxygen atoms in total. The zero-order valence-electron chi connectivity index (χ0n) is 22.9. The van der Waals surface area contributed by atoms with Crippen LogP contribution in [0.5, 0.6) is 5.75 Å². The van der Waals surface area contributed by atoms with Crippen molar-refractivity contribution < 1.29 is 27.0 Å². The molecular formula is C21H23NO3. The summed E-state index contributed by atoms with van der Waals surface area (Å²) in [5.41, 5.74) is -1.13. The standard InChI is InChI=1S/C21H23NO3/c1-22(2)11-5-8-18-17-7-4-3-6-16(17)14-25-20-10-9-15(12-19(18)20)13-21(23)24/h3-4,6-10,12H,5,11,13-14H2,1-2H3,(H,23,24)/b18-8-/i3D,4D,6D,7D,9D,10D,12D,14D2. The molecule has 1 aliphatic rings. The third-order valence-electron chi connectivity index (χ3n) is 3.56. The maximum atomic E-state index is 11.4. The van der Waals surface area contributed by atoms with Gasteiger partial charge in [0.05, 0.1) is 18.8 Å². The number of ether oxygens (including phenoxy) is 1. The van der Waals surface area contributed by atoms with E-state index in [9.17, 15) is 9.90 Å². The highest BCUT2D eigenvalue weighted by molar-refractivity contribution is 5.85. The van der Waals surface area contributed by atoms with E-state index in [1.165, 1.54) is 0 Å². The molecule has 0 unspecified atom stereocenters. The van der Waals surface area contributed by atoms with E-state index in [0.29, 0.717) is 13.0 Å². The summed E-state index contributed by atoms with van der Waals surface area (Å²) in [5, 5.41) is 9.28. The molecule has 1 N–H and O–H groups in total. The average molecular weight is 346 g/mol. The molecular weight excluding hydrogens is 314 g/mol. The lowest BCUT2D eigenvalue weighted by molar-refractivity contribution is -0.136. The normalized spacial score (nSPS) is 21.7. The molecule has 1 heterocycles. The quantitative estimate of drug-likeness (QED) is 0.899. The van der Waals surface area contributed by atoms with Crippen LogP contribution in [-0.4, -0.2) is 36.6 Å². The number of hydrogen-bond acceptors (Lipinski definition) is 3. The van der Waals surface area contributed by atoms with Crippen molar-refractivity contribution in [3.63, 3.8) is 0 Å². The van der Waals surface area contributed by atoms with Gasteiger partial charge >= 0.3 is 5.97 Å². The minimum Gasteiger partial charge on any atom is -0.488 e. The largest absolute Gasteiger partial charge is 0.488 e. The van der Waals surface area contributed by atoms with Crippen LogP contribution in [0.25, 0.3) is 5.57 Å². The van der Waals surface area contributed by atoms with E-state index in [-0.39, 0.29) is 22.3 Å². The van der Waals surface area contributed by atoms with Gasteiger partial charge in [0.1, 0.15) is 12.3 Å². The van der Waals surface area contributed by atoms with Gasteiger partial charge in [-0.25, -0.2) is 0 Å². The van der Waals surface area contributed by atoms with E-state index in [4.69, 9.17) is 17.1 Å². The molecule has 0 radical (unpaired) electrons. The highest BCUT2D eigenvalue weighted by Gasteiger charge is 2.19. The summed E-state index contributed by atoms with van der Waals surface area (Å²) in [6.07, 6.45) is 1.17. The summed E-state index contributed by atoms with van der Waals surface area (Å²) in [5.74, 6) is -1.81. The van der Waals surface area contributed by atoms with Gasteiger partial charge in [0, 0.05) is 12.1 Å². The van der Waals surface area contributed by atoms with Crippen LogP contribution in [0.15, 0.2) is 48.4 Å². The number of carboxylic acids is 1. The molecule has 0 saturated carbocycles. The smallest absolute Gasteiger partial charge is 0.307 e. The number of nitrogens with zero attached hydrogens (tertiary/aromatic N) is 1. The topological polar surface area (TPSA) is 49.8 Å². The maximum absolute atomic E-state index is 11.4. The Kier molecular flexibility index (Phi) is 2.77. The predicted octanol–water partition coefficient (Wildman–Crippen LogP) is 3.59. The Balaban J connectivity index is 2.54. The van der Waals surface area contributed by atoms with E-state index in [1.54, 1.807) is 6.08 Å². The molecule has 130 valence electrons. The van der Waals surface area contributed by atoms with Crippen LogP contribution in [0.4, 0.5) is 0 Å². The van der Waals surface area contributed by atoms with Gasteiger partial charge in [0.15, 0.2) is 0 Å². The van der Waals surface area contributed by atoms with Gasteiger partial charge in [-0.1, -0.05) is 36.3 Å². The molecule has 2 aromatic rings. The van der Waals surface area contributed by atoms with Gasteiger partial charge in [0.25, 0.3) is 0 Å². The SMILES string of the molecule is [2H]c1c([2H])c([2H])c2c(c1[2H])/C(=C/CCN(C)C)c1c([2H])c(CC(=O)O)c([2H])c([2H])c1OC2([2H])[2H]. The summed E-state index contributed by atoms with van der Waals surface area (Å²) >= 11 is 0. The molecule has 0 amide bonds. The fourth-order valence-corrected chi connectivity index (χ4v) is 2.43. The van der Waals surface area contributed by atoms with Gasteiger partial charge in [-0.05, 0) is 54.9 Å². The Morgan fingerprint density at radius 1 is 1.32 bits per heavy atom. The van der Waals surface area contributed by atoms with Gasteiger partial charge < -0.3 is 14.7 Å². The van der Waals surface area contributed by atoms with E-state index < -0.39 is 72.6 Å². The maximum Gasteiger partial charge on any atom is 0.307 e. The molecule has 0 saturated heterocycles. The third kappa shape index (κ3) is 4.09. The average Bonchev–Trinajstić information content (AvgIpc) is 2.84. The summed E-state index contributed by atoms with van der Waals surface area (Å²) in [4.78, 5) is 13.2. The fourth-order valence-electron chi connectivity index (χ4n) is 2.43. The Hall–Kier alpha value is -2.59. The van der Waals surface area contributed by atoms with Crippen LogP contribution in [0.3, 0.4) is 0 Å². The molecule has 0 atom stereocenters. The fraction of sp³-hybridized carbons (Fsp3) is 0.286. The minimum absolute atomic E-state index is 0.0327. The molecule has 2 aromatic carbocycles. The summed E-state index contributed by atoms with van der Waals surface area (Å²) in [7, 11) is 3.63. The number of carboxylic acid groups (broad SMARTS) is 1. The van der Waals surface area contributed by atoms with Crippen molar-refractivity contribution >= 4 is 11.5 Å². The second-order valence-electron chi connectivity index (χ2n) is 5.79. The first-order valence-electron chi connectivity index (χ1n) is 12.2. The number of rotatable bonds is 5. The van der Waals surface area contributed by atoms with E-state index in [1.807, 2.05) is 19.0 Å². The summed E-state index contributed by atoms with van der Waals surface area (Å²) in [6.45, 7) is -2.33. The van der Waals surface area contributed by atoms with Crippen molar-refractivity contribution in [2.45, 2.75) is 19.4 Å². The molecule has 3 rings (SSSR count). The predicted molar refractivity (Wildman–Crippen MR) is 98.8 cm³/mol. The monoisotopic (exact) mass is 346 g/mol. The van der Waals surface area contributed by atoms with Gasteiger partial charge in [-0.2, -0.15) is 0 Å². The van der Waals surface area contributed by atoms with Gasteiger partial charge in [-0.3, -0.25) is 4.79 Å². The van der Waals surface area contributed by atoms with Gasteiger partial charge in [0.2, 0.25) is 0 Å². The molecule has 0 aromatic heterocycles. The van der Waals surface area contributed by atoms with Crippen LogP contribution in [-0.2, 0) is 17.8 Å². The van der Waals surface area contributed by atoms with Gasteiger partial charge in [-0.15, -0.1) is 0 Å². The second kappa shape index (κ2) is 7.53. The van der Waals surface area contributed by atoms with Crippen LogP contribution in [0, 0.1) is 0 Å². The summed E-state index contributed by atoms with van der Waals surface area (Å²) in [6, 6.07) is -4.18. The third-order valence-corrected chi connectivity index (χ3v) is 3.56. The van der Waals surface area contributed by atoms with Crippen molar-refractivity contribution in [1.82, 2.24) is 4.90 Å². The Bertz CT molecular complexity index is 1230. The van der Waals surface area contributed by atoms with Crippen LogP contribution in [0.1, 0.15) is 41.0 Å². The molecule has 1 aliphatic heterocycles. The lowest BCUT2D eigenvalue weighted by Crippen LogP contribution is -2.12. The number of aliphatic carboxylic acids is 1. The first-order valence-corrected chi connectivity index (χ1v) is 7.70. The van der Waals surface area contributed by atoms with E-state index in [0.717, 1.165) is 0 Å². The molecule has 25 heavy (non-hydrogen) atoms. The molecule has 4 heteroatoms. The highest BCUT2D eigenvalue weighted by atomic mass is 16.5. The first kappa shape index (κ1) is 9.20. The van der Waals surface area contributed by atoms with Crippen molar-refractivity contribution in [2.75, 3.05) is 20.6 Å². The van der Waals surface area contributed by atoms with Crippen molar-refractivity contribution in [3.05, 3.63) is 70.6 Å². The van der Waals surface area contributed by atoms with E-state index >= 15 is 0 Å². The van der Waals surface area contributed by atoms with Crippen LogP contribution >= 0.6 is 0 Å². The molecule has 0 aliphatic carbocycles. The van der Waals surface area contributed by atoms with E-state index in [2.05, 4.69) is 0 Å². The molecule has 0 bridgehead atoms. The number of hydrogen-bond donors (Lipinski definition) is 1. The first-order chi connectivity index (χ1) is 15.7. The Labute approximate surface area is 161 Å². The number of benzene rings is 2. The minimum atomic E-state index is -2.83. The summed E-state index contributed by atoms with van der Waals surface area (Å²) < 4.78 is 80.7. The van der Waals surface area contributed by atoms with Crippen molar-refractivity contribution in [3.8, 4) is 5.75 Å². The second-order valence-corrected chi connectivity index (χ2v) is 5.79. The van der Waals surface area contributed by atoms with Crippen molar-refractivity contribution in [2.24, 2.45) is 0 Å². The van der Waals surface area contributed by atoms with Crippen LogP contribution in [0.2, 0.25) is 0 Å². The highest BCUT2D eigenvalue weighted by Crippen LogP contribution is 2.37. The lowest BCUT2D eigenvalue weighted by Gasteiger charge is -2.13. The Morgan fingerprint density at radius 2 is 2.12 bits per heavy atom. The van der Waals surface area contributed by atoms with Crippen molar-refractivity contribution in [1.29, 1.82) is 0 Å². The lowest BCUT2D eigenvalue weighted by atomic mass is 9.92. The number of carbonyl (C=O) groups is 1. The zero-order valence-corrected chi connectivity index (χ0v) is 13.9. The number of fused-ring (bicyclic) bond motifs is 2. The Morgan fingerprint density at radius 3 is 2.88 bits per heavy atom. The zero-order chi connectivity index (χ0) is 25.7.